The Balaban J connectivity index is 3.50. The van der Waals surface area contributed by atoms with Crippen LogP contribution >= 0.6 is 0 Å². The van der Waals surface area contributed by atoms with E-state index in [0.29, 0.717) is 6.20 Å². The van der Waals surface area contributed by atoms with Gasteiger partial charge in [-0.05, 0) is 0 Å². The second-order valence-electron chi connectivity index (χ2n) is 2.37. The highest BCUT2D eigenvalue weighted by Crippen LogP contribution is 2.14. The zero-order chi connectivity index (χ0) is 10.9. The second-order valence-corrected chi connectivity index (χ2v) is 2.37. The topological polar surface area (TPSA) is 70.2 Å². The van der Waals surface area contributed by atoms with Crippen LogP contribution in [0, 0.1) is 5.95 Å². The highest BCUT2D eigenvalue weighted by molar-refractivity contribution is 5.87. The summed E-state index contributed by atoms with van der Waals surface area (Å²) < 4.78 is 36.8. The van der Waals surface area contributed by atoms with Crippen molar-refractivity contribution in [1.82, 2.24) is 4.98 Å². The molecule has 0 aromatic carbocycles. The Bertz CT molecular complexity index is 427. The number of alkyl halides is 2. The molecule has 7 heteroatoms. The number of aromatic nitrogens is 1. The lowest BCUT2D eigenvalue weighted by Crippen LogP contribution is -2.22. The van der Waals surface area contributed by atoms with Gasteiger partial charge in [-0.1, -0.05) is 0 Å². The Morgan fingerprint density at radius 1 is 1.50 bits per heavy atom. The van der Waals surface area contributed by atoms with Gasteiger partial charge in [0, 0.05) is 6.20 Å². The molecule has 1 aromatic rings. The van der Waals surface area contributed by atoms with Gasteiger partial charge in [-0.15, -0.1) is 0 Å². The first-order valence-electron chi connectivity index (χ1n) is 3.37. The van der Waals surface area contributed by atoms with Crippen molar-refractivity contribution in [2.24, 2.45) is 0 Å². The molecule has 2 N–H and O–H groups in total. The third-order valence-corrected chi connectivity index (χ3v) is 1.51. The maximum Gasteiger partial charge on any atom is 0.344 e. The predicted octanol–water partition coefficient (Wildman–Crippen LogP) is 1.15. The molecule has 0 amide bonds. The molecule has 0 bridgehead atoms. The Kier molecular flexibility index (Phi) is 2.59. The number of aromatic amines is 1. The van der Waals surface area contributed by atoms with Crippen LogP contribution in [0.3, 0.4) is 0 Å². The number of carboxylic acids is 1. The number of carbonyl (C=O) groups is 1. The van der Waals surface area contributed by atoms with Crippen molar-refractivity contribution in [3.63, 3.8) is 0 Å². The average molecular weight is 207 g/mol. The van der Waals surface area contributed by atoms with E-state index in [2.05, 4.69) is 0 Å². The average Bonchev–Trinajstić information content (AvgIpc) is 2.02. The lowest BCUT2D eigenvalue weighted by atomic mass is 10.2. The number of nitrogens with one attached hydrogen (secondary N) is 1. The first-order valence-corrected chi connectivity index (χ1v) is 3.37. The minimum atomic E-state index is -3.14. The molecule has 0 atom stereocenters. The van der Waals surface area contributed by atoms with E-state index < -0.39 is 34.9 Å². The monoisotopic (exact) mass is 207 g/mol. The SMILES string of the molecule is O=C(O)c1c(F)[nH]cc(C(F)F)c1=O. The lowest BCUT2D eigenvalue weighted by Gasteiger charge is -2.00. The summed E-state index contributed by atoms with van der Waals surface area (Å²) in [5.41, 5.74) is -3.88. The van der Waals surface area contributed by atoms with E-state index in [1.807, 2.05) is 0 Å². The molecule has 0 saturated carbocycles. The number of hydrogen-bond donors (Lipinski definition) is 2. The van der Waals surface area contributed by atoms with Crippen LogP contribution in [0.1, 0.15) is 22.3 Å². The lowest BCUT2D eigenvalue weighted by molar-refractivity contribution is 0.0688. The summed E-state index contributed by atoms with van der Waals surface area (Å²) in [6.07, 6.45) is -2.69. The molecule has 0 aliphatic carbocycles. The zero-order valence-corrected chi connectivity index (χ0v) is 6.55. The summed E-state index contributed by atoms with van der Waals surface area (Å²) in [4.78, 5) is 22.9. The van der Waals surface area contributed by atoms with Gasteiger partial charge in [0.1, 0.15) is 0 Å². The molecule has 0 aliphatic heterocycles. The molecular weight excluding hydrogens is 203 g/mol. The summed E-state index contributed by atoms with van der Waals surface area (Å²) in [5, 5.41) is 8.35. The molecule has 0 fully saturated rings. The molecule has 0 unspecified atom stereocenters. The van der Waals surface area contributed by atoms with Crippen molar-refractivity contribution in [3.05, 3.63) is 33.5 Å². The number of rotatable bonds is 2. The molecule has 0 aliphatic rings. The minimum Gasteiger partial charge on any atom is -0.477 e. The van der Waals surface area contributed by atoms with Crippen LogP contribution in [-0.4, -0.2) is 16.1 Å². The van der Waals surface area contributed by atoms with E-state index in [-0.39, 0.29) is 0 Å². The van der Waals surface area contributed by atoms with Gasteiger partial charge in [0.05, 0.1) is 5.56 Å². The highest BCUT2D eigenvalue weighted by Gasteiger charge is 2.22. The molecule has 4 nitrogen and oxygen atoms in total. The summed E-state index contributed by atoms with van der Waals surface area (Å²) in [6.45, 7) is 0. The highest BCUT2D eigenvalue weighted by atomic mass is 19.3. The predicted molar refractivity (Wildman–Crippen MR) is 38.9 cm³/mol. The molecule has 14 heavy (non-hydrogen) atoms. The molecular formula is C7H4F3NO3. The van der Waals surface area contributed by atoms with Gasteiger partial charge in [0.15, 0.2) is 5.56 Å². The molecule has 1 rings (SSSR count). The van der Waals surface area contributed by atoms with Gasteiger partial charge in [-0.2, -0.15) is 4.39 Å². The third kappa shape index (κ3) is 1.61. The van der Waals surface area contributed by atoms with Gasteiger partial charge in [0.2, 0.25) is 11.4 Å². The van der Waals surface area contributed by atoms with E-state index in [1.165, 1.54) is 0 Å². The quantitative estimate of drug-likeness (QED) is 0.714. The molecule has 1 aromatic heterocycles. The fourth-order valence-electron chi connectivity index (χ4n) is 0.876. The minimum absolute atomic E-state index is 0.453. The molecule has 0 saturated heterocycles. The van der Waals surface area contributed by atoms with Crippen molar-refractivity contribution in [2.45, 2.75) is 6.43 Å². The van der Waals surface area contributed by atoms with Gasteiger partial charge in [-0.25, -0.2) is 13.6 Å². The Morgan fingerprint density at radius 2 is 2.07 bits per heavy atom. The van der Waals surface area contributed by atoms with Crippen LogP contribution in [-0.2, 0) is 0 Å². The third-order valence-electron chi connectivity index (χ3n) is 1.51. The molecule has 76 valence electrons. The van der Waals surface area contributed by atoms with E-state index >= 15 is 0 Å². The summed E-state index contributed by atoms with van der Waals surface area (Å²) in [5.74, 6) is -3.32. The Labute approximate surface area is 75.0 Å². The number of carboxylic acid groups (broad SMARTS) is 1. The Morgan fingerprint density at radius 3 is 2.50 bits per heavy atom. The van der Waals surface area contributed by atoms with Crippen LogP contribution in [0.5, 0.6) is 0 Å². The van der Waals surface area contributed by atoms with E-state index in [9.17, 15) is 22.8 Å². The maximum atomic E-state index is 12.7. The van der Waals surface area contributed by atoms with Crippen molar-refractivity contribution in [3.8, 4) is 0 Å². The van der Waals surface area contributed by atoms with E-state index in [4.69, 9.17) is 5.11 Å². The van der Waals surface area contributed by atoms with Gasteiger partial charge < -0.3 is 10.1 Å². The van der Waals surface area contributed by atoms with Gasteiger partial charge in [-0.3, -0.25) is 4.79 Å². The second kappa shape index (κ2) is 3.52. The number of pyridine rings is 1. The van der Waals surface area contributed by atoms with Crippen molar-refractivity contribution < 1.29 is 23.1 Å². The summed E-state index contributed by atoms with van der Waals surface area (Å²) in [7, 11) is 0. The number of hydrogen-bond acceptors (Lipinski definition) is 2. The first kappa shape index (κ1) is 10.3. The van der Waals surface area contributed by atoms with Crippen molar-refractivity contribution in [2.75, 3.05) is 0 Å². The van der Waals surface area contributed by atoms with E-state index in [1.54, 1.807) is 4.98 Å². The van der Waals surface area contributed by atoms with Crippen molar-refractivity contribution in [1.29, 1.82) is 0 Å². The van der Waals surface area contributed by atoms with Crippen LogP contribution in [0.2, 0.25) is 0 Å². The smallest absolute Gasteiger partial charge is 0.344 e. The van der Waals surface area contributed by atoms with Gasteiger partial charge >= 0.3 is 5.97 Å². The summed E-state index contributed by atoms with van der Waals surface area (Å²) in [6, 6.07) is 0. The van der Waals surface area contributed by atoms with E-state index in [0.717, 1.165) is 0 Å². The van der Waals surface area contributed by atoms with Crippen LogP contribution in [0.15, 0.2) is 11.0 Å². The fourth-order valence-corrected chi connectivity index (χ4v) is 0.876. The fraction of sp³-hybridized carbons (Fsp3) is 0.143. The van der Waals surface area contributed by atoms with Gasteiger partial charge in [0.25, 0.3) is 6.43 Å². The Hall–Kier alpha value is -1.79. The normalized spacial score (nSPS) is 10.6. The number of aromatic carboxylic acids is 1. The zero-order valence-electron chi connectivity index (χ0n) is 6.55. The van der Waals surface area contributed by atoms with Crippen LogP contribution in [0.4, 0.5) is 13.2 Å². The van der Waals surface area contributed by atoms with Crippen LogP contribution in [0.25, 0.3) is 0 Å². The standard InChI is InChI=1S/C7H4F3NO3/c8-5(9)2-1-11-6(10)3(4(2)12)7(13)14/h1,5H,(H,11,12)(H,13,14). The first-order chi connectivity index (χ1) is 6.45. The number of halogens is 3. The van der Waals surface area contributed by atoms with Crippen LogP contribution < -0.4 is 5.43 Å². The largest absolute Gasteiger partial charge is 0.477 e. The number of H-pyrrole nitrogens is 1. The summed E-state index contributed by atoms with van der Waals surface area (Å²) >= 11 is 0. The maximum absolute atomic E-state index is 12.7. The molecule has 0 spiro atoms. The molecule has 0 radical (unpaired) electrons. The van der Waals surface area contributed by atoms with Crippen molar-refractivity contribution >= 4 is 5.97 Å². The molecule has 1 heterocycles.